The lowest BCUT2D eigenvalue weighted by Gasteiger charge is -2.30. The normalized spacial score (nSPS) is 19.1. The van der Waals surface area contributed by atoms with E-state index in [9.17, 15) is 9.59 Å². The molecule has 2 amide bonds. The molecule has 0 saturated heterocycles. The lowest BCUT2D eigenvalue weighted by atomic mass is 9.78. The molecule has 2 aromatic rings. The molecule has 0 radical (unpaired) electrons. The highest BCUT2D eigenvalue weighted by molar-refractivity contribution is 6.30. The number of halogens is 1. The smallest absolute Gasteiger partial charge is 0.236 e. The van der Waals surface area contributed by atoms with E-state index in [1.54, 1.807) is 0 Å². The van der Waals surface area contributed by atoms with Crippen LogP contribution in [0.2, 0.25) is 5.02 Å². The van der Waals surface area contributed by atoms with Gasteiger partial charge in [-0.25, -0.2) is 0 Å². The van der Waals surface area contributed by atoms with Gasteiger partial charge in [-0.2, -0.15) is 0 Å². The number of carbonyl (C=O) groups is 2. The molecule has 1 aliphatic carbocycles. The van der Waals surface area contributed by atoms with Gasteiger partial charge in [0.05, 0.1) is 16.5 Å². The monoisotopic (exact) mass is 468 g/mol. The number of amides is 2. The second-order valence-corrected chi connectivity index (χ2v) is 10.9. The average Bonchev–Trinajstić information content (AvgIpc) is 3.25. The molecular weight excluding hydrogens is 436 g/mol. The number of carbonyl (C=O) groups excluding carboxylic acids is 2. The Hall–Kier alpha value is -2.53. The van der Waals surface area contributed by atoms with Crippen LogP contribution in [0.4, 0.5) is 11.4 Å². The van der Waals surface area contributed by atoms with Crippen molar-refractivity contribution in [1.29, 1.82) is 0 Å². The summed E-state index contributed by atoms with van der Waals surface area (Å²) in [6.45, 7) is 8.91. The highest BCUT2D eigenvalue weighted by atomic mass is 35.5. The van der Waals surface area contributed by atoms with Gasteiger partial charge in [-0.05, 0) is 68.5 Å². The van der Waals surface area contributed by atoms with E-state index in [0.717, 1.165) is 31.2 Å². The molecule has 1 heterocycles. The maximum Gasteiger partial charge on any atom is 0.236 e. The van der Waals surface area contributed by atoms with E-state index in [0.29, 0.717) is 41.2 Å². The van der Waals surface area contributed by atoms with Crippen molar-refractivity contribution in [2.24, 2.45) is 11.3 Å². The van der Waals surface area contributed by atoms with Gasteiger partial charge in [-0.1, -0.05) is 50.4 Å². The maximum atomic E-state index is 13.6. The van der Waals surface area contributed by atoms with Crippen LogP contribution in [0.25, 0.3) is 0 Å². The summed E-state index contributed by atoms with van der Waals surface area (Å²) < 4.78 is 6.02. The van der Waals surface area contributed by atoms with Crippen molar-refractivity contribution in [3.8, 4) is 5.75 Å². The Balaban J connectivity index is 1.66. The average molecular weight is 469 g/mol. The Morgan fingerprint density at radius 2 is 1.79 bits per heavy atom. The van der Waals surface area contributed by atoms with Crippen LogP contribution in [-0.2, 0) is 15.0 Å². The lowest BCUT2D eigenvalue weighted by molar-refractivity contribution is -0.127. The molecule has 1 aliphatic heterocycles. The van der Waals surface area contributed by atoms with Crippen LogP contribution < -0.4 is 15.0 Å². The van der Waals surface area contributed by atoms with Crippen molar-refractivity contribution >= 4 is 34.8 Å². The van der Waals surface area contributed by atoms with E-state index in [-0.39, 0.29) is 11.8 Å². The van der Waals surface area contributed by atoms with Gasteiger partial charge in [0.2, 0.25) is 11.8 Å². The van der Waals surface area contributed by atoms with Crippen molar-refractivity contribution in [2.75, 3.05) is 23.4 Å². The van der Waals surface area contributed by atoms with E-state index in [1.165, 1.54) is 0 Å². The first-order valence-electron chi connectivity index (χ1n) is 11.8. The standard InChI is InChI=1S/C27H33ClN2O3/c1-18(2)16-30-22-15-21(11-12-23(22)33-17-26(3,4)25(30)32)29-24(31)27(13-5-6-14-27)19-7-9-20(28)10-8-19/h7-12,15,18H,5-6,13-14,16-17H2,1-4H3,(H,29,31). The zero-order chi connectivity index (χ0) is 23.8. The van der Waals surface area contributed by atoms with Gasteiger partial charge >= 0.3 is 0 Å². The largest absolute Gasteiger partial charge is 0.490 e. The second-order valence-electron chi connectivity index (χ2n) is 10.4. The molecule has 0 atom stereocenters. The topological polar surface area (TPSA) is 58.6 Å². The number of anilines is 2. The predicted molar refractivity (Wildman–Crippen MR) is 133 cm³/mol. The summed E-state index contributed by atoms with van der Waals surface area (Å²) in [5.41, 5.74) is 1.19. The van der Waals surface area contributed by atoms with E-state index in [4.69, 9.17) is 16.3 Å². The van der Waals surface area contributed by atoms with Crippen molar-refractivity contribution in [2.45, 2.75) is 58.8 Å². The summed E-state index contributed by atoms with van der Waals surface area (Å²) in [5.74, 6) is 0.979. The number of rotatable bonds is 5. The van der Waals surface area contributed by atoms with Crippen molar-refractivity contribution in [3.63, 3.8) is 0 Å². The molecule has 33 heavy (non-hydrogen) atoms. The summed E-state index contributed by atoms with van der Waals surface area (Å²) in [4.78, 5) is 28.8. The van der Waals surface area contributed by atoms with Gasteiger partial charge in [0.1, 0.15) is 12.4 Å². The Bertz CT molecular complexity index is 1040. The molecule has 1 N–H and O–H groups in total. The molecule has 0 aromatic heterocycles. The van der Waals surface area contributed by atoms with Gasteiger partial charge in [0.15, 0.2) is 0 Å². The zero-order valence-corrected chi connectivity index (χ0v) is 20.7. The zero-order valence-electron chi connectivity index (χ0n) is 19.9. The minimum absolute atomic E-state index is 0.0149. The minimum Gasteiger partial charge on any atom is -0.490 e. The van der Waals surface area contributed by atoms with E-state index in [1.807, 2.05) is 61.2 Å². The molecular formula is C27H33ClN2O3. The van der Waals surface area contributed by atoms with Gasteiger partial charge in [-0.3, -0.25) is 9.59 Å². The van der Waals surface area contributed by atoms with Gasteiger partial charge in [0.25, 0.3) is 0 Å². The van der Waals surface area contributed by atoms with Gasteiger partial charge in [-0.15, -0.1) is 0 Å². The highest BCUT2D eigenvalue weighted by Crippen LogP contribution is 2.43. The van der Waals surface area contributed by atoms with Gasteiger partial charge in [0, 0.05) is 17.3 Å². The van der Waals surface area contributed by atoms with Crippen molar-refractivity contribution in [3.05, 3.63) is 53.1 Å². The Morgan fingerprint density at radius 1 is 1.12 bits per heavy atom. The molecule has 2 aromatic carbocycles. The highest BCUT2D eigenvalue weighted by Gasteiger charge is 2.43. The molecule has 1 fully saturated rings. The molecule has 0 bridgehead atoms. The summed E-state index contributed by atoms with van der Waals surface area (Å²) in [5, 5.41) is 3.82. The first-order chi connectivity index (χ1) is 15.6. The number of fused-ring (bicyclic) bond motifs is 1. The number of hydrogen-bond donors (Lipinski definition) is 1. The summed E-state index contributed by atoms with van der Waals surface area (Å²) in [7, 11) is 0. The molecule has 4 rings (SSSR count). The number of benzene rings is 2. The van der Waals surface area contributed by atoms with Crippen LogP contribution in [0, 0.1) is 11.3 Å². The van der Waals surface area contributed by atoms with Crippen LogP contribution >= 0.6 is 11.6 Å². The predicted octanol–water partition coefficient (Wildman–Crippen LogP) is 6.20. The molecule has 0 spiro atoms. The molecule has 176 valence electrons. The lowest BCUT2D eigenvalue weighted by Crippen LogP contribution is -2.43. The maximum absolute atomic E-state index is 13.6. The summed E-state index contributed by atoms with van der Waals surface area (Å²) >= 11 is 6.09. The van der Waals surface area contributed by atoms with Gasteiger partial charge < -0.3 is 15.0 Å². The SMILES string of the molecule is CC(C)CN1C(=O)C(C)(C)COc2ccc(NC(=O)C3(c4ccc(Cl)cc4)CCCC3)cc21. The summed E-state index contributed by atoms with van der Waals surface area (Å²) in [6, 6.07) is 13.2. The van der Waals surface area contributed by atoms with Crippen molar-refractivity contribution in [1.82, 2.24) is 0 Å². The molecule has 0 unspecified atom stereocenters. The molecule has 6 heteroatoms. The fourth-order valence-corrected chi connectivity index (χ4v) is 5.04. The molecule has 5 nitrogen and oxygen atoms in total. The number of nitrogens with zero attached hydrogens (tertiary/aromatic N) is 1. The molecule has 2 aliphatic rings. The quantitative estimate of drug-likeness (QED) is 0.568. The van der Waals surface area contributed by atoms with E-state index >= 15 is 0 Å². The van der Waals surface area contributed by atoms with Crippen LogP contribution in [0.15, 0.2) is 42.5 Å². The van der Waals surface area contributed by atoms with Crippen LogP contribution in [0.1, 0.15) is 58.9 Å². The Kier molecular flexibility index (Phi) is 6.45. The third kappa shape index (κ3) is 4.61. The third-order valence-corrected chi connectivity index (χ3v) is 7.01. The van der Waals surface area contributed by atoms with Crippen LogP contribution in [-0.4, -0.2) is 25.0 Å². The van der Waals surface area contributed by atoms with Crippen LogP contribution in [0.5, 0.6) is 5.75 Å². The second kappa shape index (κ2) is 9.02. The minimum atomic E-state index is -0.625. The first kappa shape index (κ1) is 23.6. The number of ether oxygens (including phenoxy) is 1. The number of hydrogen-bond acceptors (Lipinski definition) is 3. The fourth-order valence-electron chi connectivity index (χ4n) is 4.91. The Labute approximate surface area is 201 Å². The Morgan fingerprint density at radius 3 is 2.42 bits per heavy atom. The van der Waals surface area contributed by atoms with Crippen molar-refractivity contribution < 1.29 is 14.3 Å². The fraction of sp³-hybridized carbons (Fsp3) is 0.481. The number of nitrogens with one attached hydrogen (secondary N) is 1. The first-order valence-corrected chi connectivity index (χ1v) is 12.2. The van der Waals surface area contributed by atoms with E-state index < -0.39 is 10.8 Å². The van der Waals surface area contributed by atoms with Crippen LogP contribution in [0.3, 0.4) is 0 Å². The molecule has 1 saturated carbocycles. The summed E-state index contributed by atoms with van der Waals surface area (Å²) in [6.07, 6.45) is 3.64. The third-order valence-electron chi connectivity index (χ3n) is 6.76. The van der Waals surface area contributed by atoms with E-state index in [2.05, 4.69) is 19.2 Å².